The van der Waals surface area contributed by atoms with E-state index in [-0.39, 0.29) is 0 Å². The number of aromatic nitrogens is 4. The van der Waals surface area contributed by atoms with Crippen molar-refractivity contribution in [3.63, 3.8) is 0 Å². The third kappa shape index (κ3) is 3.84. The van der Waals surface area contributed by atoms with Crippen LogP contribution < -0.4 is 4.74 Å². The number of hydroxylamine groups is 2. The van der Waals surface area contributed by atoms with Gasteiger partial charge in [0.05, 0.1) is 25.2 Å². The number of benzene rings is 1. The fraction of sp³-hybridized carbons (Fsp3) is 0.200. The molecule has 0 saturated heterocycles. The molecular formula is C20H21N5O2. The van der Waals surface area contributed by atoms with E-state index in [0.29, 0.717) is 13.2 Å². The molecule has 0 aliphatic heterocycles. The molecule has 4 aromatic rings. The fourth-order valence-electron chi connectivity index (χ4n) is 2.98. The molecule has 1 aromatic carbocycles. The minimum absolute atomic E-state index is 0.437. The van der Waals surface area contributed by atoms with E-state index in [1.165, 1.54) is 0 Å². The van der Waals surface area contributed by atoms with Crippen LogP contribution in [0.15, 0.2) is 61.2 Å². The van der Waals surface area contributed by atoms with Gasteiger partial charge in [0, 0.05) is 31.5 Å². The van der Waals surface area contributed by atoms with E-state index in [1.54, 1.807) is 13.3 Å². The second-order valence-electron chi connectivity index (χ2n) is 6.29. The van der Waals surface area contributed by atoms with Crippen molar-refractivity contribution in [2.75, 3.05) is 14.2 Å². The number of ether oxygens (including phenoxy) is 1. The van der Waals surface area contributed by atoms with E-state index in [9.17, 15) is 0 Å². The van der Waals surface area contributed by atoms with Crippen LogP contribution in [0.4, 0.5) is 0 Å². The maximum Gasteiger partial charge on any atom is 0.137 e. The topological polar surface area (TPSA) is 67.7 Å². The van der Waals surface area contributed by atoms with E-state index < -0.39 is 0 Å². The monoisotopic (exact) mass is 363 g/mol. The molecule has 4 rings (SSSR count). The molecule has 0 amide bonds. The van der Waals surface area contributed by atoms with Crippen LogP contribution in [0, 0.1) is 0 Å². The van der Waals surface area contributed by atoms with Gasteiger partial charge in [-0.3, -0.25) is 9.94 Å². The first-order valence-electron chi connectivity index (χ1n) is 8.65. The lowest BCUT2D eigenvalue weighted by molar-refractivity contribution is -0.158. The van der Waals surface area contributed by atoms with Gasteiger partial charge in [-0.2, -0.15) is 10.2 Å². The second kappa shape index (κ2) is 7.61. The molecule has 0 fully saturated rings. The van der Waals surface area contributed by atoms with Crippen LogP contribution >= 0.6 is 0 Å². The summed E-state index contributed by atoms with van der Waals surface area (Å²) >= 11 is 0. The summed E-state index contributed by atoms with van der Waals surface area (Å²) in [5.74, 6) is 0.844. The number of methoxy groups -OCH3 is 1. The van der Waals surface area contributed by atoms with Gasteiger partial charge >= 0.3 is 0 Å². The van der Waals surface area contributed by atoms with Crippen molar-refractivity contribution in [3.8, 4) is 16.9 Å². The number of pyridine rings is 1. The summed E-state index contributed by atoms with van der Waals surface area (Å²) < 4.78 is 7.29. The number of aromatic amines is 1. The minimum Gasteiger partial charge on any atom is -0.497 e. The average Bonchev–Trinajstić information content (AvgIpc) is 3.36. The molecule has 7 heteroatoms. The predicted molar refractivity (Wildman–Crippen MR) is 102 cm³/mol. The number of rotatable bonds is 7. The third-order valence-electron chi connectivity index (χ3n) is 4.39. The van der Waals surface area contributed by atoms with Gasteiger partial charge in [-0.05, 0) is 35.4 Å². The first kappa shape index (κ1) is 17.3. The summed E-state index contributed by atoms with van der Waals surface area (Å²) in [5, 5.41) is 8.64. The normalized spacial score (nSPS) is 11.4. The summed E-state index contributed by atoms with van der Waals surface area (Å²) in [7, 11) is 3.59. The molecule has 0 atom stereocenters. The minimum atomic E-state index is 0.437. The van der Waals surface area contributed by atoms with Crippen LogP contribution in [0.25, 0.3) is 16.8 Å². The number of nitrogens with zero attached hydrogens (tertiary/aromatic N) is 4. The van der Waals surface area contributed by atoms with Crippen LogP contribution in [0.5, 0.6) is 5.75 Å². The molecule has 138 valence electrons. The molecular weight excluding hydrogens is 342 g/mol. The molecule has 7 nitrogen and oxygen atoms in total. The number of hydrogen-bond donors (Lipinski definition) is 1. The van der Waals surface area contributed by atoms with Gasteiger partial charge in [-0.1, -0.05) is 12.1 Å². The van der Waals surface area contributed by atoms with Gasteiger partial charge in [-0.15, -0.1) is 0 Å². The molecule has 0 radical (unpaired) electrons. The molecule has 1 N–H and O–H groups in total. The lowest BCUT2D eigenvalue weighted by atomic mass is 10.1. The Morgan fingerprint density at radius 2 is 2.07 bits per heavy atom. The lowest BCUT2D eigenvalue weighted by Gasteiger charge is -2.17. The third-order valence-corrected chi connectivity index (χ3v) is 4.39. The number of fused-ring (bicyclic) bond motifs is 1. The Hall–Kier alpha value is -3.16. The number of imidazole rings is 1. The SMILES string of the molecule is COc1cccc(CN(C)OCc2cnc3cc(-c4cn[nH]c4)ccn23)c1. The Kier molecular flexibility index (Phi) is 4.86. The van der Waals surface area contributed by atoms with Gasteiger partial charge in [0.15, 0.2) is 0 Å². The lowest BCUT2D eigenvalue weighted by Crippen LogP contribution is -2.18. The highest BCUT2D eigenvalue weighted by atomic mass is 16.7. The molecule has 0 spiro atoms. The van der Waals surface area contributed by atoms with Crippen LogP contribution in [-0.4, -0.2) is 38.8 Å². The van der Waals surface area contributed by atoms with Crippen LogP contribution in [0.2, 0.25) is 0 Å². The number of hydrogen-bond acceptors (Lipinski definition) is 5. The summed E-state index contributed by atoms with van der Waals surface area (Å²) in [5.41, 5.74) is 5.10. The van der Waals surface area contributed by atoms with Crippen molar-refractivity contribution in [2.24, 2.45) is 0 Å². The Morgan fingerprint density at radius 1 is 1.15 bits per heavy atom. The van der Waals surface area contributed by atoms with Gasteiger partial charge in [0.2, 0.25) is 0 Å². The second-order valence-corrected chi connectivity index (χ2v) is 6.29. The van der Waals surface area contributed by atoms with E-state index >= 15 is 0 Å². The van der Waals surface area contributed by atoms with Crippen molar-refractivity contribution in [2.45, 2.75) is 13.2 Å². The molecule has 3 aromatic heterocycles. The molecule has 0 saturated carbocycles. The summed E-state index contributed by atoms with van der Waals surface area (Å²) in [6.45, 7) is 1.10. The predicted octanol–water partition coefficient (Wildman–Crippen LogP) is 3.30. The Bertz CT molecular complexity index is 1030. The van der Waals surface area contributed by atoms with Gasteiger partial charge in [0.1, 0.15) is 18.0 Å². The molecule has 3 heterocycles. The Morgan fingerprint density at radius 3 is 2.89 bits per heavy atom. The van der Waals surface area contributed by atoms with Crippen molar-refractivity contribution in [1.29, 1.82) is 0 Å². The molecule has 0 unspecified atom stereocenters. The molecule has 27 heavy (non-hydrogen) atoms. The van der Waals surface area contributed by atoms with E-state index in [0.717, 1.165) is 33.8 Å². The number of nitrogens with one attached hydrogen (secondary N) is 1. The fourth-order valence-corrected chi connectivity index (χ4v) is 2.98. The van der Waals surface area contributed by atoms with E-state index in [4.69, 9.17) is 9.57 Å². The standard InChI is InChI=1S/C20H21N5O2/c1-24(13-15-4-3-5-19(8-15)26-2)27-14-18-12-21-20-9-16(6-7-25(18)20)17-10-22-23-11-17/h3-12H,13-14H2,1-2H3,(H,22,23). The Balaban J connectivity index is 1.42. The highest BCUT2D eigenvalue weighted by molar-refractivity contribution is 5.66. The van der Waals surface area contributed by atoms with Crippen molar-refractivity contribution in [1.82, 2.24) is 24.6 Å². The highest BCUT2D eigenvalue weighted by Gasteiger charge is 2.08. The van der Waals surface area contributed by atoms with Crippen molar-refractivity contribution < 1.29 is 9.57 Å². The van der Waals surface area contributed by atoms with Gasteiger partial charge in [0.25, 0.3) is 0 Å². The molecule has 0 bridgehead atoms. The smallest absolute Gasteiger partial charge is 0.137 e. The highest BCUT2D eigenvalue weighted by Crippen LogP contribution is 2.20. The first-order valence-corrected chi connectivity index (χ1v) is 8.65. The molecule has 0 aliphatic rings. The zero-order valence-electron chi connectivity index (χ0n) is 15.3. The van der Waals surface area contributed by atoms with Crippen LogP contribution in [-0.2, 0) is 18.0 Å². The zero-order chi connectivity index (χ0) is 18.6. The molecule has 0 aliphatic carbocycles. The van der Waals surface area contributed by atoms with Crippen molar-refractivity contribution >= 4 is 5.65 Å². The maximum absolute atomic E-state index is 5.89. The Labute approximate surface area is 157 Å². The van der Waals surface area contributed by atoms with E-state index in [1.807, 2.05) is 71.5 Å². The largest absolute Gasteiger partial charge is 0.497 e. The zero-order valence-corrected chi connectivity index (χ0v) is 15.3. The first-order chi connectivity index (χ1) is 13.2. The summed E-state index contributed by atoms with van der Waals surface area (Å²) in [4.78, 5) is 10.4. The van der Waals surface area contributed by atoms with E-state index in [2.05, 4.69) is 15.2 Å². The average molecular weight is 363 g/mol. The van der Waals surface area contributed by atoms with Gasteiger partial charge in [-0.25, -0.2) is 4.98 Å². The maximum atomic E-state index is 5.89. The van der Waals surface area contributed by atoms with Crippen LogP contribution in [0.3, 0.4) is 0 Å². The van der Waals surface area contributed by atoms with Crippen molar-refractivity contribution in [3.05, 3.63) is 72.4 Å². The quantitative estimate of drug-likeness (QED) is 0.510. The van der Waals surface area contributed by atoms with Gasteiger partial charge < -0.3 is 9.14 Å². The summed E-state index contributed by atoms with van der Waals surface area (Å²) in [6.07, 6.45) is 7.51. The van der Waals surface area contributed by atoms with Crippen LogP contribution in [0.1, 0.15) is 11.3 Å². The number of H-pyrrole nitrogens is 1. The summed E-state index contributed by atoms with van der Waals surface area (Å²) in [6, 6.07) is 12.0.